The summed E-state index contributed by atoms with van der Waals surface area (Å²) in [4.78, 5) is 24.6. The van der Waals surface area contributed by atoms with Gasteiger partial charge in [-0.3, -0.25) is 9.59 Å². The van der Waals surface area contributed by atoms with Crippen LogP contribution in [0.5, 0.6) is 11.5 Å². The van der Waals surface area contributed by atoms with E-state index in [0.717, 1.165) is 0 Å². The molecular formula is C15H12O4S. The van der Waals surface area contributed by atoms with Crippen LogP contribution in [0.25, 0.3) is 0 Å². The Morgan fingerprint density at radius 2 is 1.85 bits per heavy atom. The number of ether oxygens (including phenoxy) is 2. The smallest absolute Gasteiger partial charge is 0.180 e. The maximum atomic E-state index is 12.1. The van der Waals surface area contributed by atoms with Crippen molar-refractivity contribution in [2.24, 2.45) is 0 Å². The molecule has 2 heterocycles. The average molecular weight is 288 g/mol. The Kier molecular flexibility index (Phi) is 3.52. The van der Waals surface area contributed by atoms with Gasteiger partial charge in [0.1, 0.15) is 13.2 Å². The summed E-state index contributed by atoms with van der Waals surface area (Å²) in [6, 6.07) is 8.53. The van der Waals surface area contributed by atoms with Crippen molar-refractivity contribution >= 4 is 22.9 Å². The van der Waals surface area contributed by atoms with E-state index in [1.165, 1.54) is 11.3 Å². The molecule has 20 heavy (non-hydrogen) atoms. The van der Waals surface area contributed by atoms with E-state index in [1.54, 1.807) is 30.3 Å². The van der Waals surface area contributed by atoms with Crippen molar-refractivity contribution in [3.8, 4) is 11.5 Å². The fourth-order valence-electron chi connectivity index (χ4n) is 1.99. The highest BCUT2D eigenvalue weighted by Gasteiger charge is 2.18. The molecule has 3 rings (SSSR count). The van der Waals surface area contributed by atoms with Gasteiger partial charge >= 0.3 is 0 Å². The molecule has 4 nitrogen and oxygen atoms in total. The van der Waals surface area contributed by atoms with Crippen molar-refractivity contribution in [2.45, 2.75) is 6.42 Å². The third-order valence-corrected chi connectivity index (χ3v) is 3.89. The Hall–Kier alpha value is -2.14. The highest BCUT2D eigenvalue weighted by molar-refractivity contribution is 7.12. The molecule has 0 radical (unpaired) electrons. The summed E-state index contributed by atoms with van der Waals surface area (Å²) in [5.41, 5.74) is 0.471. The zero-order chi connectivity index (χ0) is 13.9. The SMILES string of the molecule is O=C(CC(=O)c1cccs1)c1ccc2c(c1)OCCO2. The van der Waals surface area contributed by atoms with Gasteiger partial charge in [0, 0.05) is 5.56 Å². The molecule has 0 N–H and O–H groups in total. The lowest BCUT2D eigenvalue weighted by Gasteiger charge is -2.18. The zero-order valence-electron chi connectivity index (χ0n) is 10.6. The van der Waals surface area contributed by atoms with Crippen LogP contribution in [0.1, 0.15) is 26.5 Å². The Morgan fingerprint density at radius 3 is 2.60 bits per heavy atom. The van der Waals surface area contributed by atoms with Gasteiger partial charge in [0.15, 0.2) is 23.1 Å². The number of hydrogen-bond acceptors (Lipinski definition) is 5. The minimum Gasteiger partial charge on any atom is -0.486 e. The quantitative estimate of drug-likeness (QED) is 0.641. The third-order valence-electron chi connectivity index (χ3n) is 2.98. The van der Waals surface area contributed by atoms with Crippen LogP contribution in [-0.2, 0) is 0 Å². The first-order valence-electron chi connectivity index (χ1n) is 6.23. The maximum Gasteiger partial charge on any atom is 0.180 e. The summed E-state index contributed by atoms with van der Waals surface area (Å²) in [6.07, 6.45) is -0.125. The van der Waals surface area contributed by atoms with Gasteiger partial charge in [0.2, 0.25) is 0 Å². The van der Waals surface area contributed by atoms with Crippen molar-refractivity contribution in [1.82, 2.24) is 0 Å². The molecule has 0 fully saturated rings. The molecule has 0 saturated heterocycles. The standard InChI is InChI=1S/C15H12O4S/c16-11(9-12(17)15-2-1-7-20-15)10-3-4-13-14(8-10)19-6-5-18-13/h1-4,7-8H,5-6,9H2. The maximum absolute atomic E-state index is 12.1. The van der Waals surface area contributed by atoms with Crippen LogP contribution in [0.4, 0.5) is 0 Å². The second kappa shape index (κ2) is 5.46. The van der Waals surface area contributed by atoms with Crippen molar-refractivity contribution < 1.29 is 19.1 Å². The van der Waals surface area contributed by atoms with Crippen molar-refractivity contribution in [3.05, 3.63) is 46.2 Å². The van der Waals surface area contributed by atoms with E-state index < -0.39 is 0 Å². The molecule has 0 aliphatic carbocycles. The topological polar surface area (TPSA) is 52.6 Å². The van der Waals surface area contributed by atoms with E-state index >= 15 is 0 Å². The van der Waals surface area contributed by atoms with E-state index in [2.05, 4.69) is 0 Å². The summed E-state index contributed by atoms with van der Waals surface area (Å²) >= 11 is 1.34. The Morgan fingerprint density at radius 1 is 1.05 bits per heavy atom. The lowest BCUT2D eigenvalue weighted by molar-refractivity contribution is 0.0896. The molecule has 0 saturated carbocycles. The van der Waals surface area contributed by atoms with E-state index in [9.17, 15) is 9.59 Å². The van der Waals surface area contributed by atoms with Gasteiger partial charge in [0.05, 0.1) is 11.3 Å². The molecule has 0 spiro atoms. The first-order valence-corrected chi connectivity index (χ1v) is 7.11. The van der Waals surface area contributed by atoms with Gasteiger partial charge in [-0.25, -0.2) is 0 Å². The number of fused-ring (bicyclic) bond motifs is 1. The highest BCUT2D eigenvalue weighted by atomic mass is 32.1. The van der Waals surface area contributed by atoms with Crippen LogP contribution in [0.2, 0.25) is 0 Å². The fourth-order valence-corrected chi connectivity index (χ4v) is 2.65. The summed E-state index contributed by atoms with van der Waals surface area (Å²) in [6.45, 7) is 0.982. The minimum atomic E-state index is -0.208. The molecule has 0 amide bonds. The Balaban J connectivity index is 1.76. The van der Waals surface area contributed by atoms with Gasteiger partial charge in [-0.2, -0.15) is 0 Å². The van der Waals surface area contributed by atoms with E-state index in [4.69, 9.17) is 9.47 Å². The van der Waals surface area contributed by atoms with E-state index in [-0.39, 0.29) is 18.0 Å². The number of Topliss-reactive ketones (excluding diaryl/α,β-unsaturated/α-hetero) is 2. The van der Waals surface area contributed by atoms with Crippen LogP contribution in [0.15, 0.2) is 35.7 Å². The number of thiophene rings is 1. The molecule has 0 bridgehead atoms. The monoisotopic (exact) mass is 288 g/mol. The Labute approximate surface area is 119 Å². The number of carbonyl (C=O) groups excluding carboxylic acids is 2. The molecule has 102 valence electrons. The van der Waals surface area contributed by atoms with Gasteiger partial charge in [0.25, 0.3) is 0 Å². The van der Waals surface area contributed by atoms with Gasteiger partial charge in [-0.05, 0) is 29.6 Å². The van der Waals surface area contributed by atoms with Gasteiger partial charge in [-0.1, -0.05) is 6.07 Å². The van der Waals surface area contributed by atoms with Crippen LogP contribution < -0.4 is 9.47 Å². The molecule has 1 aromatic heterocycles. The van der Waals surface area contributed by atoms with Crippen molar-refractivity contribution in [1.29, 1.82) is 0 Å². The largest absolute Gasteiger partial charge is 0.486 e. The van der Waals surface area contributed by atoms with Crippen molar-refractivity contribution in [2.75, 3.05) is 13.2 Å². The van der Waals surface area contributed by atoms with Crippen molar-refractivity contribution in [3.63, 3.8) is 0 Å². The van der Waals surface area contributed by atoms with Crippen LogP contribution in [0, 0.1) is 0 Å². The fraction of sp³-hybridized carbons (Fsp3) is 0.200. The molecule has 0 unspecified atom stereocenters. The number of rotatable bonds is 4. The minimum absolute atomic E-state index is 0.125. The zero-order valence-corrected chi connectivity index (χ0v) is 11.4. The second-order valence-corrected chi connectivity index (χ2v) is 5.31. The third kappa shape index (κ3) is 2.58. The predicted octanol–water partition coefficient (Wildman–Crippen LogP) is 2.98. The number of benzene rings is 1. The number of carbonyl (C=O) groups is 2. The molecule has 1 aromatic carbocycles. The average Bonchev–Trinajstić information content (AvgIpc) is 3.01. The van der Waals surface area contributed by atoms with Crippen LogP contribution in [0.3, 0.4) is 0 Å². The Bertz CT molecular complexity index is 646. The van der Waals surface area contributed by atoms with Crippen LogP contribution in [-0.4, -0.2) is 24.8 Å². The summed E-state index contributed by atoms with van der Waals surface area (Å²) in [5, 5.41) is 1.82. The molecule has 5 heteroatoms. The first kappa shape index (κ1) is 12.9. The number of hydrogen-bond donors (Lipinski definition) is 0. The second-order valence-electron chi connectivity index (χ2n) is 4.36. The predicted molar refractivity (Wildman–Crippen MR) is 75.0 cm³/mol. The molecule has 0 atom stereocenters. The first-order chi connectivity index (χ1) is 9.74. The molecule has 1 aliphatic rings. The molecule has 1 aliphatic heterocycles. The van der Waals surface area contributed by atoms with Crippen LogP contribution >= 0.6 is 11.3 Å². The molecular weight excluding hydrogens is 276 g/mol. The molecule has 2 aromatic rings. The summed E-state index contributed by atoms with van der Waals surface area (Å²) in [5.74, 6) is 0.836. The summed E-state index contributed by atoms with van der Waals surface area (Å²) < 4.78 is 10.8. The number of ketones is 2. The van der Waals surface area contributed by atoms with E-state index in [0.29, 0.717) is 35.2 Å². The van der Waals surface area contributed by atoms with E-state index in [1.807, 2.05) is 5.38 Å². The lowest BCUT2D eigenvalue weighted by Crippen LogP contribution is -2.16. The lowest BCUT2D eigenvalue weighted by atomic mass is 10.0. The highest BCUT2D eigenvalue weighted by Crippen LogP contribution is 2.31. The summed E-state index contributed by atoms with van der Waals surface area (Å²) in [7, 11) is 0. The van der Waals surface area contributed by atoms with Gasteiger partial charge in [-0.15, -0.1) is 11.3 Å². The normalized spacial score (nSPS) is 13.0. The van der Waals surface area contributed by atoms with Gasteiger partial charge < -0.3 is 9.47 Å².